The molecule has 1 N–H and O–H groups in total. The highest BCUT2D eigenvalue weighted by Gasteiger charge is 2.52. The highest BCUT2D eigenvalue weighted by atomic mass is 19.1. The zero-order chi connectivity index (χ0) is 23.6. The highest BCUT2D eigenvalue weighted by molar-refractivity contribution is 6.62. The van der Waals surface area contributed by atoms with Crippen molar-refractivity contribution in [2.75, 3.05) is 5.32 Å². The van der Waals surface area contributed by atoms with Crippen LogP contribution in [0.4, 0.5) is 10.1 Å². The van der Waals surface area contributed by atoms with E-state index in [0.717, 1.165) is 17.2 Å². The van der Waals surface area contributed by atoms with Gasteiger partial charge in [-0.15, -0.1) is 0 Å². The quantitative estimate of drug-likeness (QED) is 0.678. The van der Waals surface area contributed by atoms with Crippen LogP contribution in [0.5, 0.6) is 0 Å². The van der Waals surface area contributed by atoms with Gasteiger partial charge in [-0.05, 0) is 64.2 Å². The van der Waals surface area contributed by atoms with E-state index in [1.807, 2.05) is 74.4 Å². The van der Waals surface area contributed by atoms with E-state index in [2.05, 4.69) is 10.3 Å². The third kappa shape index (κ3) is 5.33. The molecule has 5 nitrogen and oxygen atoms in total. The number of nitrogens with one attached hydrogen (secondary N) is 1. The number of hydrogen-bond donors (Lipinski definition) is 1. The molecule has 7 heteroatoms. The lowest BCUT2D eigenvalue weighted by Crippen LogP contribution is -2.41. The second kappa shape index (κ2) is 9.49. The fourth-order valence-electron chi connectivity index (χ4n) is 3.09. The van der Waals surface area contributed by atoms with Gasteiger partial charge in [0.1, 0.15) is 0 Å². The average Bonchev–Trinajstić information content (AvgIpc) is 2.92. The van der Waals surface area contributed by atoms with Crippen LogP contribution < -0.4 is 10.8 Å². The first kappa shape index (κ1) is 25.0. The Morgan fingerprint density at radius 1 is 1.10 bits per heavy atom. The lowest BCUT2D eigenvalue weighted by atomic mass is 9.76. The number of aromatic nitrogens is 1. The average molecular weight is 428 g/mol. The highest BCUT2D eigenvalue weighted by Crippen LogP contribution is 2.36. The number of halogens is 1. The molecule has 1 aromatic carbocycles. The predicted molar refractivity (Wildman–Crippen MR) is 124 cm³/mol. The van der Waals surface area contributed by atoms with Gasteiger partial charge < -0.3 is 14.6 Å². The maximum absolute atomic E-state index is 14.2. The largest absolute Gasteiger partial charge is 0.495 e. The topological polar surface area (TPSA) is 60.5 Å². The number of carbonyl (C=O) groups excluding carboxylic acids is 1. The fourth-order valence-corrected chi connectivity index (χ4v) is 3.09. The molecule has 0 bridgehead atoms. The number of carbonyl (C=O) groups is 1. The molecule has 0 atom stereocenters. The number of hydrogen-bond acceptors (Lipinski definition) is 4. The van der Waals surface area contributed by atoms with Crippen molar-refractivity contribution in [1.29, 1.82) is 0 Å². The third-order valence-corrected chi connectivity index (χ3v) is 5.76. The maximum atomic E-state index is 14.2. The number of benzene rings is 1. The first-order valence-electron chi connectivity index (χ1n) is 10.8. The van der Waals surface area contributed by atoms with E-state index in [0.29, 0.717) is 11.4 Å². The maximum Gasteiger partial charge on any atom is 0.495 e. The summed E-state index contributed by atoms with van der Waals surface area (Å²) in [6.45, 7) is 17.8. The standard InChI is InChI=1S/C22H28BFN2O3.C2H6/c1-13(2)19-11-16(18(24)12-25-19)20(27)26-15-9-8-14(3)17(10-15)23-28-21(4,5)22(6,7)29-23;1-2/h8-13H,1-7H3,(H,26,27);1-2H3. The third-order valence-electron chi connectivity index (χ3n) is 5.76. The molecule has 0 radical (unpaired) electrons. The number of amides is 1. The first-order chi connectivity index (χ1) is 14.4. The van der Waals surface area contributed by atoms with Crippen LogP contribution in [0.2, 0.25) is 0 Å². The van der Waals surface area contributed by atoms with E-state index in [9.17, 15) is 9.18 Å². The molecule has 1 aliphatic rings. The molecule has 1 saturated heterocycles. The number of rotatable bonds is 4. The van der Waals surface area contributed by atoms with Gasteiger partial charge in [-0.2, -0.15) is 0 Å². The van der Waals surface area contributed by atoms with Crippen LogP contribution in [0.1, 0.15) is 82.9 Å². The van der Waals surface area contributed by atoms with E-state index < -0.39 is 30.0 Å². The normalized spacial score (nSPS) is 16.7. The molecule has 1 aliphatic heterocycles. The van der Waals surface area contributed by atoms with Crippen LogP contribution in [0.15, 0.2) is 30.5 Å². The van der Waals surface area contributed by atoms with Crippen molar-refractivity contribution in [3.8, 4) is 0 Å². The van der Waals surface area contributed by atoms with Gasteiger partial charge in [-0.3, -0.25) is 9.78 Å². The second-order valence-corrected chi connectivity index (χ2v) is 8.86. The zero-order valence-corrected chi connectivity index (χ0v) is 20.1. The molecule has 31 heavy (non-hydrogen) atoms. The van der Waals surface area contributed by atoms with Gasteiger partial charge in [0.25, 0.3) is 5.91 Å². The van der Waals surface area contributed by atoms with Crippen molar-refractivity contribution < 1.29 is 18.5 Å². The minimum Gasteiger partial charge on any atom is -0.399 e. The summed E-state index contributed by atoms with van der Waals surface area (Å²) < 4.78 is 26.4. The lowest BCUT2D eigenvalue weighted by Gasteiger charge is -2.32. The zero-order valence-electron chi connectivity index (χ0n) is 20.1. The van der Waals surface area contributed by atoms with Crippen LogP contribution in [-0.4, -0.2) is 29.2 Å². The molecule has 0 aliphatic carbocycles. The summed E-state index contributed by atoms with van der Waals surface area (Å²) in [6.07, 6.45) is 1.09. The Morgan fingerprint density at radius 3 is 2.23 bits per heavy atom. The Balaban J connectivity index is 0.00000166. The summed E-state index contributed by atoms with van der Waals surface area (Å²) in [5, 5.41) is 2.78. The molecule has 0 saturated carbocycles. The monoisotopic (exact) mass is 428 g/mol. The van der Waals surface area contributed by atoms with Gasteiger partial charge >= 0.3 is 7.12 Å². The van der Waals surface area contributed by atoms with Crippen molar-refractivity contribution in [2.24, 2.45) is 0 Å². The molecular formula is C24H34BFN2O3. The van der Waals surface area contributed by atoms with Crippen molar-refractivity contribution in [3.05, 3.63) is 53.1 Å². The number of nitrogens with zero attached hydrogens (tertiary/aromatic N) is 1. The van der Waals surface area contributed by atoms with Gasteiger partial charge in [0, 0.05) is 11.4 Å². The fraction of sp³-hybridized carbons (Fsp3) is 0.500. The van der Waals surface area contributed by atoms with E-state index >= 15 is 0 Å². The van der Waals surface area contributed by atoms with E-state index in [1.165, 1.54) is 6.07 Å². The van der Waals surface area contributed by atoms with Crippen LogP contribution in [0, 0.1) is 12.7 Å². The molecule has 0 unspecified atom stereocenters. The molecule has 1 amide bonds. The molecular weight excluding hydrogens is 394 g/mol. The van der Waals surface area contributed by atoms with Crippen LogP contribution >= 0.6 is 0 Å². The number of anilines is 1. The summed E-state index contributed by atoms with van der Waals surface area (Å²) in [5.41, 5.74) is 2.08. The first-order valence-corrected chi connectivity index (χ1v) is 10.8. The molecule has 2 heterocycles. The molecule has 0 spiro atoms. The summed E-state index contributed by atoms with van der Waals surface area (Å²) in [7, 11) is -0.540. The van der Waals surface area contributed by atoms with Gasteiger partial charge in [0.05, 0.1) is 23.0 Å². The van der Waals surface area contributed by atoms with Gasteiger partial charge in [0.2, 0.25) is 0 Å². The summed E-state index contributed by atoms with van der Waals surface area (Å²) in [6, 6.07) is 6.99. The number of pyridine rings is 1. The van der Waals surface area contributed by atoms with Crippen LogP contribution in [-0.2, 0) is 9.31 Å². The van der Waals surface area contributed by atoms with Crippen molar-refractivity contribution in [3.63, 3.8) is 0 Å². The second-order valence-electron chi connectivity index (χ2n) is 8.86. The molecule has 3 rings (SSSR count). The predicted octanol–water partition coefficient (Wildman–Crippen LogP) is 5.23. The van der Waals surface area contributed by atoms with E-state index in [1.54, 1.807) is 6.07 Å². The smallest absolute Gasteiger partial charge is 0.399 e. The van der Waals surface area contributed by atoms with Crippen molar-refractivity contribution >= 4 is 24.2 Å². The number of aryl methyl sites for hydroxylation is 1. The van der Waals surface area contributed by atoms with E-state index in [-0.39, 0.29) is 11.5 Å². The van der Waals surface area contributed by atoms with Gasteiger partial charge in [0.15, 0.2) is 5.82 Å². The SMILES string of the molecule is CC.Cc1ccc(NC(=O)c2cc(C(C)C)ncc2F)cc1B1OC(C)(C)C(C)(C)O1. The van der Waals surface area contributed by atoms with Crippen molar-refractivity contribution in [1.82, 2.24) is 4.98 Å². The lowest BCUT2D eigenvalue weighted by molar-refractivity contribution is 0.00578. The van der Waals surface area contributed by atoms with Crippen LogP contribution in [0.25, 0.3) is 0 Å². The minimum atomic E-state index is -0.648. The van der Waals surface area contributed by atoms with E-state index in [4.69, 9.17) is 9.31 Å². The Bertz CT molecular complexity index is 928. The minimum absolute atomic E-state index is 0.0264. The Kier molecular flexibility index (Phi) is 7.66. The molecule has 1 fully saturated rings. The Morgan fingerprint density at radius 2 is 1.68 bits per heavy atom. The Labute approximate surface area is 185 Å². The van der Waals surface area contributed by atoms with Gasteiger partial charge in [-0.1, -0.05) is 39.3 Å². The molecule has 2 aromatic rings. The summed E-state index contributed by atoms with van der Waals surface area (Å²) in [5.74, 6) is -1.07. The molecule has 1 aromatic heterocycles. The summed E-state index contributed by atoms with van der Waals surface area (Å²) in [4.78, 5) is 16.7. The van der Waals surface area contributed by atoms with Gasteiger partial charge in [-0.25, -0.2) is 4.39 Å². The molecule has 168 valence electrons. The summed E-state index contributed by atoms with van der Waals surface area (Å²) >= 11 is 0. The Hall–Kier alpha value is -2.25. The van der Waals surface area contributed by atoms with Crippen molar-refractivity contribution in [2.45, 2.75) is 79.4 Å². The van der Waals surface area contributed by atoms with Crippen LogP contribution in [0.3, 0.4) is 0 Å².